The molecular weight excluding hydrogens is 351 g/mol. The Labute approximate surface area is 148 Å². The Balaban J connectivity index is 1.65. The molecule has 2 rings (SSSR count). The zero-order valence-corrected chi connectivity index (χ0v) is 14.3. The Morgan fingerprint density at radius 3 is 2.42 bits per heavy atom. The van der Waals surface area contributed by atoms with Crippen molar-refractivity contribution >= 4 is 35.2 Å². The summed E-state index contributed by atoms with van der Waals surface area (Å²) in [6.45, 7) is 0. The molecule has 2 aromatic rings. The number of hydrogen-bond donors (Lipinski definition) is 2. The predicted molar refractivity (Wildman–Crippen MR) is 94.0 cm³/mol. The van der Waals surface area contributed by atoms with E-state index in [4.69, 9.17) is 11.6 Å². The van der Waals surface area contributed by atoms with Gasteiger partial charge in [0.05, 0.1) is 12.2 Å². The van der Waals surface area contributed by atoms with Crippen molar-refractivity contribution in [3.05, 3.63) is 70.5 Å². The molecule has 0 aliphatic carbocycles. The minimum Gasteiger partial charge on any atom is -0.273 e. The molecule has 0 unspecified atom stereocenters. The summed E-state index contributed by atoms with van der Waals surface area (Å²) in [5.41, 5.74) is 6.38. The van der Waals surface area contributed by atoms with Gasteiger partial charge in [-0.25, -0.2) is 4.39 Å². The van der Waals surface area contributed by atoms with Gasteiger partial charge < -0.3 is 0 Å². The van der Waals surface area contributed by atoms with Gasteiger partial charge in [0.25, 0.3) is 0 Å². The fourth-order valence-corrected chi connectivity index (χ4v) is 2.88. The maximum atomic E-state index is 12.8. The molecule has 0 aliphatic rings. The van der Waals surface area contributed by atoms with E-state index in [1.54, 1.807) is 6.07 Å². The number of carbonyl (C=O) groups excluding carboxylic acids is 2. The first-order valence-corrected chi connectivity index (χ1v) is 8.70. The number of carbonyl (C=O) groups is 2. The summed E-state index contributed by atoms with van der Waals surface area (Å²) in [6, 6.07) is 13.0. The first-order valence-electron chi connectivity index (χ1n) is 7.17. The summed E-state index contributed by atoms with van der Waals surface area (Å²) in [4.78, 5) is 23.4. The number of hydrazine groups is 1. The van der Waals surface area contributed by atoms with E-state index in [0.717, 1.165) is 5.56 Å². The number of benzene rings is 2. The van der Waals surface area contributed by atoms with Crippen molar-refractivity contribution in [1.82, 2.24) is 10.9 Å². The molecule has 4 nitrogen and oxygen atoms in total. The maximum Gasteiger partial charge on any atom is 0.248 e. The second-order valence-corrected chi connectivity index (χ2v) is 6.44. The summed E-state index contributed by atoms with van der Waals surface area (Å²) in [7, 11) is 0. The minimum absolute atomic E-state index is 0.0657. The number of thioether (sulfide) groups is 1. The van der Waals surface area contributed by atoms with Gasteiger partial charge in [-0.2, -0.15) is 0 Å². The van der Waals surface area contributed by atoms with E-state index in [-0.39, 0.29) is 29.8 Å². The Bertz CT molecular complexity index is 710. The molecular formula is C17H16ClFN2O2S. The zero-order chi connectivity index (χ0) is 17.4. The molecule has 7 heteroatoms. The molecule has 24 heavy (non-hydrogen) atoms. The molecule has 2 N–H and O–H groups in total. The van der Waals surface area contributed by atoms with Crippen molar-refractivity contribution in [1.29, 1.82) is 0 Å². The zero-order valence-electron chi connectivity index (χ0n) is 12.7. The van der Waals surface area contributed by atoms with Gasteiger partial charge in [0.15, 0.2) is 0 Å². The number of rotatable bonds is 6. The summed E-state index contributed by atoms with van der Waals surface area (Å²) in [5.74, 6) is -0.158. The number of hydrogen-bond acceptors (Lipinski definition) is 3. The van der Waals surface area contributed by atoms with Gasteiger partial charge in [-0.1, -0.05) is 35.9 Å². The Hall–Kier alpha value is -2.05. The van der Waals surface area contributed by atoms with E-state index >= 15 is 0 Å². The highest BCUT2D eigenvalue weighted by Crippen LogP contribution is 2.16. The van der Waals surface area contributed by atoms with Gasteiger partial charge in [0.1, 0.15) is 5.82 Å². The molecule has 0 aromatic heterocycles. The lowest BCUT2D eigenvalue weighted by Crippen LogP contribution is -2.43. The summed E-state index contributed by atoms with van der Waals surface area (Å²) >= 11 is 7.31. The molecule has 0 saturated carbocycles. The quantitative estimate of drug-likeness (QED) is 0.772. The second-order valence-electron chi connectivity index (χ2n) is 5.02. The molecule has 0 heterocycles. The first kappa shape index (κ1) is 18.3. The van der Waals surface area contributed by atoms with Crippen LogP contribution in [0.15, 0.2) is 48.5 Å². The number of amides is 2. The highest BCUT2D eigenvalue weighted by Gasteiger charge is 2.06. The summed E-state index contributed by atoms with van der Waals surface area (Å²) in [5, 5.41) is 0.658. The first-order chi connectivity index (χ1) is 11.5. The van der Waals surface area contributed by atoms with E-state index in [1.807, 2.05) is 18.2 Å². The Morgan fingerprint density at radius 1 is 1.00 bits per heavy atom. The van der Waals surface area contributed by atoms with Crippen molar-refractivity contribution in [2.75, 3.05) is 5.75 Å². The van der Waals surface area contributed by atoms with Crippen LogP contribution in [0.2, 0.25) is 5.02 Å². The van der Waals surface area contributed by atoms with Crippen molar-refractivity contribution in [3.8, 4) is 0 Å². The molecule has 0 aliphatic heterocycles. The van der Waals surface area contributed by atoms with Crippen LogP contribution in [0.4, 0.5) is 4.39 Å². The van der Waals surface area contributed by atoms with Crippen LogP contribution < -0.4 is 10.9 Å². The van der Waals surface area contributed by atoms with Crippen LogP contribution in [-0.4, -0.2) is 17.6 Å². The van der Waals surface area contributed by atoms with Gasteiger partial charge in [-0.3, -0.25) is 20.4 Å². The van der Waals surface area contributed by atoms with E-state index in [1.165, 1.54) is 36.0 Å². The van der Waals surface area contributed by atoms with E-state index in [2.05, 4.69) is 10.9 Å². The topological polar surface area (TPSA) is 58.2 Å². The third kappa shape index (κ3) is 6.60. The SMILES string of the molecule is O=C(CSCc1cccc(Cl)c1)NNC(=O)Cc1ccc(F)cc1. The highest BCUT2D eigenvalue weighted by atomic mass is 35.5. The van der Waals surface area contributed by atoms with Gasteiger partial charge in [0.2, 0.25) is 11.8 Å². The van der Waals surface area contributed by atoms with Gasteiger partial charge in [-0.15, -0.1) is 11.8 Å². The van der Waals surface area contributed by atoms with Crippen LogP contribution in [0.5, 0.6) is 0 Å². The third-order valence-corrected chi connectivity index (χ3v) is 4.25. The lowest BCUT2D eigenvalue weighted by Gasteiger charge is -2.07. The van der Waals surface area contributed by atoms with Crippen LogP contribution in [0.25, 0.3) is 0 Å². The molecule has 0 bridgehead atoms. The third-order valence-electron chi connectivity index (χ3n) is 3.01. The Kier molecular flexibility index (Phi) is 7.08. The minimum atomic E-state index is -0.366. The van der Waals surface area contributed by atoms with Crippen molar-refractivity contribution in [2.45, 2.75) is 12.2 Å². The van der Waals surface area contributed by atoms with Crippen LogP contribution >= 0.6 is 23.4 Å². The van der Waals surface area contributed by atoms with Crippen LogP contribution in [0.3, 0.4) is 0 Å². The van der Waals surface area contributed by atoms with Crippen molar-refractivity contribution in [3.63, 3.8) is 0 Å². The molecule has 126 valence electrons. The Morgan fingerprint density at radius 2 is 1.71 bits per heavy atom. The number of halogens is 2. The summed E-state index contributed by atoms with van der Waals surface area (Å²) < 4.78 is 12.8. The monoisotopic (exact) mass is 366 g/mol. The molecule has 2 amide bonds. The maximum absolute atomic E-state index is 12.8. The standard InChI is InChI=1S/C17H16ClFN2O2S/c18-14-3-1-2-13(8-14)10-24-11-17(23)21-20-16(22)9-12-4-6-15(19)7-5-12/h1-8H,9-11H2,(H,20,22)(H,21,23). The highest BCUT2D eigenvalue weighted by molar-refractivity contribution is 7.99. The second kappa shape index (κ2) is 9.30. The van der Waals surface area contributed by atoms with E-state index < -0.39 is 0 Å². The van der Waals surface area contributed by atoms with Crippen molar-refractivity contribution < 1.29 is 14.0 Å². The number of nitrogens with one attached hydrogen (secondary N) is 2. The lowest BCUT2D eigenvalue weighted by atomic mass is 10.1. The molecule has 0 atom stereocenters. The van der Waals surface area contributed by atoms with Crippen LogP contribution in [0, 0.1) is 5.82 Å². The van der Waals surface area contributed by atoms with Gasteiger partial charge >= 0.3 is 0 Å². The normalized spacial score (nSPS) is 10.2. The molecule has 0 fully saturated rings. The van der Waals surface area contributed by atoms with Crippen LogP contribution in [0.1, 0.15) is 11.1 Å². The fraction of sp³-hybridized carbons (Fsp3) is 0.176. The van der Waals surface area contributed by atoms with Gasteiger partial charge in [0, 0.05) is 10.8 Å². The average molecular weight is 367 g/mol. The molecule has 2 aromatic carbocycles. The average Bonchev–Trinajstić information content (AvgIpc) is 2.55. The smallest absolute Gasteiger partial charge is 0.248 e. The van der Waals surface area contributed by atoms with E-state index in [9.17, 15) is 14.0 Å². The van der Waals surface area contributed by atoms with Crippen molar-refractivity contribution in [2.24, 2.45) is 0 Å². The molecule has 0 spiro atoms. The molecule has 0 saturated heterocycles. The molecule has 0 radical (unpaired) electrons. The fourth-order valence-electron chi connectivity index (χ4n) is 1.90. The lowest BCUT2D eigenvalue weighted by molar-refractivity contribution is -0.127. The van der Waals surface area contributed by atoms with Gasteiger partial charge in [-0.05, 0) is 35.4 Å². The largest absolute Gasteiger partial charge is 0.273 e. The predicted octanol–water partition coefficient (Wildman–Crippen LogP) is 3.10. The summed E-state index contributed by atoms with van der Waals surface area (Å²) in [6.07, 6.45) is 0.0657. The van der Waals surface area contributed by atoms with E-state index in [0.29, 0.717) is 16.3 Å². The van der Waals surface area contributed by atoms with Crippen LogP contribution in [-0.2, 0) is 21.8 Å².